The van der Waals surface area contributed by atoms with Crippen molar-refractivity contribution in [3.63, 3.8) is 0 Å². The maximum absolute atomic E-state index is 2.49. The van der Waals surface area contributed by atoms with Crippen LogP contribution in [0, 0.1) is 0 Å². The first-order valence-corrected chi connectivity index (χ1v) is 21.7. The zero-order chi connectivity index (χ0) is 41.4. The summed E-state index contributed by atoms with van der Waals surface area (Å²) in [5, 5.41) is 7.41. The third-order valence-corrected chi connectivity index (χ3v) is 13.0. The summed E-state index contributed by atoms with van der Waals surface area (Å²) in [5.41, 5.74) is 17.7. The van der Waals surface area contributed by atoms with Crippen molar-refractivity contribution in [2.75, 3.05) is 0 Å². The van der Waals surface area contributed by atoms with Crippen LogP contribution in [-0.4, -0.2) is 13.7 Å². The molecule has 0 radical (unpaired) electrons. The molecule has 13 rings (SSSR count). The highest BCUT2D eigenvalue weighted by Crippen LogP contribution is 2.42. The molecular weight excluding hydrogens is 763 g/mol. The number of hydrogen-bond donors (Lipinski definition) is 0. The minimum atomic E-state index is 1.13. The molecule has 294 valence electrons. The highest BCUT2D eigenvalue weighted by molar-refractivity contribution is 6.19. The number of rotatable bonds is 6. The fourth-order valence-electron chi connectivity index (χ4n) is 10.1. The molecule has 3 aromatic heterocycles. The average Bonchev–Trinajstić information content (AvgIpc) is 3.99. The Bertz CT molecular complexity index is 3870. The summed E-state index contributed by atoms with van der Waals surface area (Å²) < 4.78 is 7.31. The van der Waals surface area contributed by atoms with Crippen molar-refractivity contribution in [2.45, 2.75) is 0 Å². The molecule has 0 amide bonds. The molecular formula is C60H39N3. The monoisotopic (exact) mass is 801 g/mol. The van der Waals surface area contributed by atoms with Gasteiger partial charge in [-0.1, -0.05) is 152 Å². The summed E-state index contributed by atoms with van der Waals surface area (Å²) in [6.45, 7) is 0. The molecule has 63 heavy (non-hydrogen) atoms. The van der Waals surface area contributed by atoms with Crippen LogP contribution >= 0.6 is 0 Å². The fourth-order valence-corrected chi connectivity index (χ4v) is 10.1. The van der Waals surface area contributed by atoms with E-state index in [-0.39, 0.29) is 0 Å². The Morgan fingerprint density at radius 2 is 0.540 bits per heavy atom. The topological polar surface area (TPSA) is 14.8 Å². The Morgan fingerprint density at radius 1 is 0.175 bits per heavy atom. The summed E-state index contributed by atoms with van der Waals surface area (Å²) in [6.07, 6.45) is 0. The molecule has 3 heterocycles. The molecule has 3 heteroatoms. The smallest absolute Gasteiger partial charge is 0.0548 e. The molecule has 3 nitrogen and oxygen atoms in total. The van der Waals surface area contributed by atoms with Gasteiger partial charge in [-0.3, -0.25) is 0 Å². The third kappa shape index (κ3) is 5.60. The lowest BCUT2D eigenvalue weighted by atomic mass is 9.96. The third-order valence-electron chi connectivity index (χ3n) is 13.0. The zero-order valence-electron chi connectivity index (χ0n) is 34.4. The Morgan fingerprint density at radius 3 is 1.10 bits per heavy atom. The molecule has 0 spiro atoms. The number of aromatic nitrogens is 3. The molecule has 10 aromatic carbocycles. The van der Waals surface area contributed by atoms with Gasteiger partial charge in [0, 0.05) is 49.4 Å². The van der Waals surface area contributed by atoms with E-state index in [0.717, 1.165) is 17.1 Å². The number of hydrogen-bond acceptors (Lipinski definition) is 0. The van der Waals surface area contributed by atoms with Crippen LogP contribution in [0.1, 0.15) is 0 Å². The van der Waals surface area contributed by atoms with Gasteiger partial charge in [-0.25, -0.2) is 0 Å². The fraction of sp³-hybridized carbons (Fsp3) is 0. The van der Waals surface area contributed by atoms with Crippen LogP contribution in [-0.2, 0) is 0 Å². The lowest BCUT2D eigenvalue weighted by Crippen LogP contribution is -1.96. The van der Waals surface area contributed by atoms with Crippen LogP contribution in [0.5, 0.6) is 0 Å². The van der Waals surface area contributed by atoms with Crippen LogP contribution in [0.2, 0.25) is 0 Å². The minimum absolute atomic E-state index is 1.13. The number of para-hydroxylation sites is 4. The van der Waals surface area contributed by atoms with E-state index in [0.29, 0.717) is 0 Å². The van der Waals surface area contributed by atoms with Crippen molar-refractivity contribution in [2.24, 2.45) is 0 Å². The second-order valence-electron chi connectivity index (χ2n) is 16.6. The van der Waals surface area contributed by atoms with E-state index in [2.05, 4.69) is 250 Å². The first kappa shape index (κ1) is 35.4. The van der Waals surface area contributed by atoms with Gasteiger partial charge in [-0.2, -0.15) is 0 Å². The van der Waals surface area contributed by atoms with Crippen LogP contribution < -0.4 is 0 Å². The number of nitrogens with zero attached hydrogens (tertiary/aromatic N) is 3. The van der Waals surface area contributed by atoms with Crippen molar-refractivity contribution in [3.8, 4) is 50.4 Å². The van der Waals surface area contributed by atoms with E-state index in [9.17, 15) is 0 Å². The SMILES string of the molecule is c1ccc(-c2ccc(-n3c4ccccc4c4cc5c(cc43)c3ccccc3n5-c3cc(-c4ccccc4)cc(-c4ccc5c(c4)c4ccccc4n5-c4ccccc4)c3)cc2)cc1. The van der Waals surface area contributed by atoms with Crippen LogP contribution in [0.25, 0.3) is 116 Å². The molecule has 0 saturated carbocycles. The van der Waals surface area contributed by atoms with E-state index in [1.54, 1.807) is 0 Å². The molecule has 0 aliphatic carbocycles. The van der Waals surface area contributed by atoms with Crippen LogP contribution in [0.3, 0.4) is 0 Å². The van der Waals surface area contributed by atoms with Crippen molar-refractivity contribution in [1.29, 1.82) is 0 Å². The second-order valence-corrected chi connectivity index (χ2v) is 16.6. The van der Waals surface area contributed by atoms with E-state index >= 15 is 0 Å². The average molecular weight is 802 g/mol. The Labute approximate surface area is 364 Å². The van der Waals surface area contributed by atoms with Gasteiger partial charge < -0.3 is 13.7 Å². The molecule has 13 aromatic rings. The molecule has 0 bridgehead atoms. The summed E-state index contributed by atoms with van der Waals surface area (Å²) in [6, 6.07) is 86.5. The van der Waals surface area contributed by atoms with E-state index in [1.165, 1.54) is 98.8 Å². The first-order chi connectivity index (χ1) is 31.2. The van der Waals surface area contributed by atoms with Gasteiger partial charge in [0.15, 0.2) is 0 Å². The van der Waals surface area contributed by atoms with Gasteiger partial charge in [-0.15, -0.1) is 0 Å². The summed E-state index contributed by atoms with van der Waals surface area (Å²) in [5.74, 6) is 0. The summed E-state index contributed by atoms with van der Waals surface area (Å²) in [4.78, 5) is 0. The predicted molar refractivity (Wildman–Crippen MR) is 266 cm³/mol. The summed E-state index contributed by atoms with van der Waals surface area (Å²) in [7, 11) is 0. The van der Waals surface area contributed by atoms with Crippen LogP contribution in [0.4, 0.5) is 0 Å². The van der Waals surface area contributed by atoms with Gasteiger partial charge in [-0.05, 0) is 118 Å². The molecule has 0 N–H and O–H groups in total. The number of benzene rings is 10. The molecule has 0 atom stereocenters. The van der Waals surface area contributed by atoms with Gasteiger partial charge >= 0.3 is 0 Å². The second kappa shape index (κ2) is 14.1. The maximum Gasteiger partial charge on any atom is 0.0548 e. The zero-order valence-corrected chi connectivity index (χ0v) is 34.4. The van der Waals surface area contributed by atoms with Gasteiger partial charge in [0.25, 0.3) is 0 Å². The van der Waals surface area contributed by atoms with Crippen molar-refractivity contribution < 1.29 is 0 Å². The molecule has 0 aliphatic heterocycles. The Hall–Kier alpha value is -8.40. The van der Waals surface area contributed by atoms with Crippen molar-refractivity contribution in [1.82, 2.24) is 13.7 Å². The van der Waals surface area contributed by atoms with E-state index < -0.39 is 0 Å². The maximum atomic E-state index is 2.49. The predicted octanol–water partition coefficient (Wildman–Crippen LogP) is 16.0. The van der Waals surface area contributed by atoms with Gasteiger partial charge in [0.05, 0.1) is 33.1 Å². The molecule has 0 saturated heterocycles. The quantitative estimate of drug-likeness (QED) is 0.159. The normalized spacial score (nSPS) is 11.8. The summed E-state index contributed by atoms with van der Waals surface area (Å²) >= 11 is 0. The van der Waals surface area contributed by atoms with E-state index in [1.807, 2.05) is 0 Å². The minimum Gasteiger partial charge on any atom is -0.309 e. The first-order valence-electron chi connectivity index (χ1n) is 21.7. The largest absolute Gasteiger partial charge is 0.309 e. The van der Waals surface area contributed by atoms with Crippen LogP contribution in [0.15, 0.2) is 237 Å². The highest BCUT2D eigenvalue weighted by Gasteiger charge is 2.20. The highest BCUT2D eigenvalue weighted by atomic mass is 15.0. The Balaban J connectivity index is 1.04. The lowest BCUT2D eigenvalue weighted by Gasteiger charge is -2.15. The molecule has 0 unspecified atom stereocenters. The van der Waals surface area contributed by atoms with Gasteiger partial charge in [0.1, 0.15) is 0 Å². The van der Waals surface area contributed by atoms with E-state index in [4.69, 9.17) is 0 Å². The molecule has 0 aliphatic rings. The number of fused-ring (bicyclic) bond motifs is 9. The molecule has 0 fully saturated rings. The van der Waals surface area contributed by atoms with Crippen molar-refractivity contribution >= 4 is 65.4 Å². The van der Waals surface area contributed by atoms with Crippen molar-refractivity contribution in [3.05, 3.63) is 237 Å². The Kier molecular flexibility index (Phi) is 7.91. The van der Waals surface area contributed by atoms with Gasteiger partial charge in [0.2, 0.25) is 0 Å². The lowest BCUT2D eigenvalue weighted by molar-refractivity contribution is 1.17. The standard InChI is InChI=1S/C60H39N3/c1-4-16-40(17-5-1)42-28-31-47(32-29-42)62-56-26-14-11-23-50(56)53-39-60-54(38-59(53)62)51-24-12-15-27-57(51)63(60)48-35-44(41-18-6-2-7-19-41)34-45(36-48)43-30-33-58-52(37-43)49-22-10-13-25-55(49)61(58)46-20-8-3-9-21-46/h1-39H.